The van der Waals surface area contributed by atoms with Crippen molar-refractivity contribution in [2.75, 3.05) is 6.61 Å². The molecule has 0 N–H and O–H groups in total. The Balaban J connectivity index is 3.33. The zero-order valence-electron chi connectivity index (χ0n) is 14.1. The van der Waals surface area contributed by atoms with Gasteiger partial charge in [-0.1, -0.05) is 30.3 Å². The lowest BCUT2D eigenvalue weighted by Gasteiger charge is -2.38. The van der Waals surface area contributed by atoms with Gasteiger partial charge in [0.1, 0.15) is 6.61 Å². The van der Waals surface area contributed by atoms with Crippen molar-refractivity contribution >= 4 is 0 Å². The molecule has 0 bridgehead atoms. The molecule has 174 valence electrons. The smallest absolute Gasteiger partial charge is 0.364 e. The van der Waals surface area contributed by atoms with Crippen LogP contribution in [-0.2, 0) is 4.74 Å². The van der Waals surface area contributed by atoms with Crippen molar-refractivity contribution < 1.29 is 66.2 Å². The van der Waals surface area contributed by atoms with E-state index < -0.39 is 60.7 Å². The van der Waals surface area contributed by atoms with Crippen molar-refractivity contribution in [2.24, 2.45) is 0 Å². The Morgan fingerprint density at radius 3 is 1.50 bits per heavy atom. The van der Waals surface area contributed by atoms with E-state index in [1.165, 1.54) is 6.07 Å². The Labute approximate surface area is 158 Å². The normalized spacial score (nSPS) is 15.9. The third-order valence-electron chi connectivity index (χ3n) is 3.67. The van der Waals surface area contributed by atoms with Crippen LogP contribution >= 0.6 is 0 Å². The molecule has 0 saturated carbocycles. The molecular formula is C15H10F14O. The van der Waals surface area contributed by atoms with E-state index >= 15 is 0 Å². The summed E-state index contributed by atoms with van der Waals surface area (Å²) in [5.41, 5.74) is -0.678. The molecule has 0 amide bonds. The Hall–Kier alpha value is -1.80. The number of rotatable bonds is 8. The lowest BCUT2D eigenvalue weighted by atomic mass is 9.92. The summed E-state index contributed by atoms with van der Waals surface area (Å²) in [6, 6.07) is 4.72. The Morgan fingerprint density at radius 2 is 1.10 bits per heavy atom. The Morgan fingerprint density at radius 1 is 0.633 bits per heavy atom. The molecule has 0 aliphatic carbocycles. The molecule has 1 aromatic carbocycles. The minimum Gasteiger partial charge on any atom is -0.364 e. The number of hydrogen-bond donors (Lipinski definition) is 0. The highest BCUT2D eigenvalue weighted by atomic mass is 19.4. The topological polar surface area (TPSA) is 9.23 Å². The lowest BCUT2D eigenvalue weighted by molar-refractivity contribution is -0.423. The summed E-state index contributed by atoms with van der Waals surface area (Å²) in [6.45, 7) is -2.33. The molecule has 30 heavy (non-hydrogen) atoms. The maximum Gasteiger partial charge on any atom is 0.460 e. The first kappa shape index (κ1) is 26.2. The Bertz CT molecular complexity index is 692. The number of halogens is 14. The maximum atomic E-state index is 13.9. The van der Waals surface area contributed by atoms with E-state index in [4.69, 9.17) is 0 Å². The first-order valence-electron chi connectivity index (χ1n) is 7.48. The van der Waals surface area contributed by atoms with Gasteiger partial charge in [-0.3, -0.25) is 0 Å². The van der Waals surface area contributed by atoms with Gasteiger partial charge in [0.05, 0.1) is 6.10 Å². The molecule has 0 heterocycles. The zero-order chi connectivity index (χ0) is 23.8. The van der Waals surface area contributed by atoms with Gasteiger partial charge in [0.15, 0.2) is 0 Å². The molecular weight excluding hydrogens is 462 g/mol. The zero-order valence-corrected chi connectivity index (χ0v) is 14.1. The maximum absolute atomic E-state index is 13.9. The Kier molecular flexibility index (Phi) is 7.03. The van der Waals surface area contributed by atoms with E-state index in [0.717, 1.165) is 24.3 Å². The van der Waals surface area contributed by atoms with Gasteiger partial charge in [0.25, 0.3) is 0 Å². The van der Waals surface area contributed by atoms with Crippen LogP contribution in [0.1, 0.15) is 18.1 Å². The highest BCUT2D eigenvalue weighted by Gasteiger charge is 2.87. The summed E-state index contributed by atoms with van der Waals surface area (Å²) in [5, 5.41) is 0. The standard InChI is InChI=1S/C15H10F14O/c16-10(17,12(21,22)13(23,24)14(25,26)15(27,28)29)6-9(30-7-11(18,19)20)8-4-2-1-3-5-8/h1-5,9H,6-7H2. The molecule has 1 rings (SSSR count). The van der Waals surface area contributed by atoms with Crippen LogP contribution in [0.4, 0.5) is 61.5 Å². The number of alkyl halides is 14. The van der Waals surface area contributed by atoms with E-state index in [1.54, 1.807) is 0 Å². The molecule has 0 aliphatic heterocycles. The average Bonchev–Trinajstić information content (AvgIpc) is 2.57. The van der Waals surface area contributed by atoms with E-state index in [2.05, 4.69) is 4.74 Å². The first-order chi connectivity index (χ1) is 13.2. The quantitative estimate of drug-likeness (QED) is 0.379. The number of benzene rings is 1. The lowest BCUT2D eigenvalue weighted by Crippen LogP contribution is -2.66. The molecule has 1 atom stereocenters. The minimum absolute atomic E-state index is 0.678. The first-order valence-corrected chi connectivity index (χ1v) is 7.48. The fraction of sp³-hybridized carbons (Fsp3) is 0.600. The van der Waals surface area contributed by atoms with Gasteiger partial charge >= 0.3 is 36.0 Å². The molecule has 0 saturated heterocycles. The molecule has 1 nitrogen and oxygen atoms in total. The average molecular weight is 472 g/mol. The predicted molar refractivity (Wildman–Crippen MR) is 71.7 cm³/mol. The molecule has 1 aromatic rings. The summed E-state index contributed by atoms with van der Waals surface area (Å²) in [4.78, 5) is 0. The second-order valence-corrected chi connectivity index (χ2v) is 5.96. The van der Waals surface area contributed by atoms with Gasteiger partial charge in [-0.25, -0.2) is 0 Å². The third-order valence-corrected chi connectivity index (χ3v) is 3.67. The molecule has 15 heteroatoms. The van der Waals surface area contributed by atoms with Gasteiger partial charge in [-0.2, -0.15) is 61.5 Å². The van der Waals surface area contributed by atoms with Crippen LogP contribution in [-0.4, -0.2) is 42.6 Å². The monoisotopic (exact) mass is 472 g/mol. The predicted octanol–water partition coefficient (Wildman–Crippen LogP) is 6.80. The van der Waals surface area contributed by atoms with Crippen LogP contribution in [0.25, 0.3) is 0 Å². The molecule has 0 aromatic heterocycles. The molecule has 1 unspecified atom stereocenters. The van der Waals surface area contributed by atoms with Crippen molar-refractivity contribution in [1.82, 2.24) is 0 Å². The van der Waals surface area contributed by atoms with E-state index in [9.17, 15) is 61.5 Å². The van der Waals surface area contributed by atoms with Gasteiger partial charge in [-0.05, 0) is 5.56 Å². The van der Waals surface area contributed by atoms with Crippen LogP contribution in [0.5, 0.6) is 0 Å². The van der Waals surface area contributed by atoms with Crippen molar-refractivity contribution in [3.8, 4) is 0 Å². The van der Waals surface area contributed by atoms with Crippen LogP contribution in [0, 0.1) is 0 Å². The van der Waals surface area contributed by atoms with Gasteiger partial charge < -0.3 is 4.74 Å². The van der Waals surface area contributed by atoms with Gasteiger partial charge in [0, 0.05) is 6.42 Å². The van der Waals surface area contributed by atoms with Crippen molar-refractivity contribution in [2.45, 2.75) is 48.6 Å². The third kappa shape index (κ3) is 5.09. The van der Waals surface area contributed by atoms with E-state index in [-0.39, 0.29) is 0 Å². The second-order valence-electron chi connectivity index (χ2n) is 5.96. The van der Waals surface area contributed by atoms with E-state index in [0.29, 0.717) is 0 Å². The summed E-state index contributed by atoms with van der Waals surface area (Å²) in [7, 11) is 0. The van der Waals surface area contributed by atoms with Crippen LogP contribution in [0.2, 0.25) is 0 Å². The minimum atomic E-state index is -7.65. The molecule has 0 radical (unpaired) electrons. The van der Waals surface area contributed by atoms with Crippen LogP contribution < -0.4 is 0 Å². The van der Waals surface area contributed by atoms with Gasteiger partial charge in [0.2, 0.25) is 0 Å². The van der Waals surface area contributed by atoms with Crippen molar-refractivity contribution in [3.05, 3.63) is 35.9 Å². The van der Waals surface area contributed by atoms with Crippen LogP contribution in [0.3, 0.4) is 0 Å². The van der Waals surface area contributed by atoms with Crippen LogP contribution in [0.15, 0.2) is 30.3 Å². The number of hydrogen-bond acceptors (Lipinski definition) is 1. The largest absolute Gasteiger partial charge is 0.460 e. The highest BCUT2D eigenvalue weighted by molar-refractivity contribution is 5.19. The highest BCUT2D eigenvalue weighted by Crippen LogP contribution is 2.58. The fourth-order valence-electron chi connectivity index (χ4n) is 2.10. The second kappa shape index (κ2) is 8.04. The van der Waals surface area contributed by atoms with Crippen molar-refractivity contribution in [3.63, 3.8) is 0 Å². The van der Waals surface area contributed by atoms with Crippen molar-refractivity contribution in [1.29, 1.82) is 0 Å². The van der Waals surface area contributed by atoms with Gasteiger partial charge in [-0.15, -0.1) is 0 Å². The summed E-state index contributed by atoms with van der Waals surface area (Å²) in [6.07, 6.45) is -18.0. The summed E-state index contributed by atoms with van der Waals surface area (Å²) < 4.78 is 184. The van der Waals surface area contributed by atoms with E-state index in [1.807, 2.05) is 0 Å². The molecule has 0 aliphatic rings. The molecule has 0 spiro atoms. The summed E-state index contributed by atoms with van der Waals surface area (Å²) >= 11 is 0. The fourth-order valence-corrected chi connectivity index (χ4v) is 2.10. The molecule has 0 fully saturated rings. The SMILES string of the molecule is FC(F)(F)COC(CC(F)(F)C(F)(F)C(F)(F)C(F)(F)C(F)(F)F)c1ccccc1. The summed E-state index contributed by atoms with van der Waals surface area (Å²) in [5.74, 6) is -28.9. The number of ether oxygens (including phenoxy) is 1.